The molecule has 0 aliphatic carbocycles. The summed E-state index contributed by atoms with van der Waals surface area (Å²) >= 11 is 5.53. The Bertz CT molecular complexity index is 309. The SMILES string of the molecule is CC(C)(C)Oc1ncc(Cl)cc1F. The Morgan fingerprint density at radius 1 is 1.46 bits per heavy atom. The summed E-state index contributed by atoms with van der Waals surface area (Å²) in [5, 5.41) is 0.263. The Kier molecular flexibility index (Phi) is 2.76. The van der Waals surface area contributed by atoms with Crippen LogP contribution in [0.4, 0.5) is 4.39 Å². The van der Waals surface area contributed by atoms with Crippen molar-refractivity contribution in [2.75, 3.05) is 0 Å². The molecule has 1 aromatic rings. The maximum Gasteiger partial charge on any atom is 0.250 e. The molecule has 1 heterocycles. The number of rotatable bonds is 1. The van der Waals surface area contributed by atoms with E-state index in [2.05, 4.69) is 4.98 Å². The molecule has 0 fully saturated rings. The van der Waals surface area contributed by atoms with E-state index in [1.807, 2.05) is 20.8 Å². The number of hydrogen-bond acceptors (Lipinski definition) is 2. The van der Waals surface area contributed by atoms with Crippen molar-refractivity contribution in [3.05, 3.63) is 23.1 Å². The Balaban J connectivity index is 2.90. The summed E-state index contributed by atoms with van der Waals surface area (Å²) < 4.78 is 18.4. The molecular weight excluding hydrogens is 193 g/mol. The first kappa shape index (κ1) is 10.3. The fraction of sp³-hybridized carbons (Fsp3) is 0.444. The predicted octanol–water partition coefficient (Wildman–Crippen LogP) is 3.05. The van der Waals surface area contributed by atoms with Crippen molar-refractivity contribution in [1.82, 2.24) is 4.98 Å². The van der Waals surface area contributed by atoms with Gasteiger partial charge in [0, 0.05) is 6.20 Å². The molecule has 0 aromatic carbocycles. The molecule has 0 spiro atoms. The van der Waals surface area contributed by atoms with Gasteiger partial charge in [-0.2, -0.15) is 0 Å². The normalized spacial score (nSPS) is 11.5. The number of ether oxygens (including phenoxy) is 1. The molecule has 13 heavy (non-hydrogen) atoms. The first-order valence-electron chi connectivity index (χ1n) is 3.88. The summed E-state index contributed by atoms with van der Waals surface area (Å²) in [6.45, 7) is 5.47. The van der Waals surface area contributed by atoms with Gasteiger partial charge in [0.05, 0.1) is 5.02 Å². The fourth-order valence-electron chi connectivity index (χ4n) is 0.767. The van der Waals surface area contributed by atoms with Crippen LogP contribution in [0.5, 0.6) is 5.88 Å². The molecule has 0 saturated heterocycles. The molecule has 0 bridgehead atoms. The quantitative estimate of drug-likeness (QED) is 0.700. The van der Waals surface area contributed by atoms with E-state index < -0.39 is 11.4 Å². The van der Waals surface area contributed by atoms with E-state index >= 15 is 0 Å². The van der Waals surface area contributed by atoms with Crippen LogP contribution in [-0.4, -0.2) is 10.6 Å². The number of hydrogen-bond donors (Lipinski definition) is 0. The minimum absolute atomic E-state index is 0.0168. The van der Waals surface area contributed by atoms with E-state index in [4.69, 9.17) is 16.3 Å². The summed E-state index contributed by atoms with van der Waals surface area (Å²) in [5.41, 5.74) is -0.457. The van der Waals surface area contributed by atoms with Crippen LogP contribution in [0, 0.1) is 5.82 Å². The van der Waals surface area contributed by atoms with Crippen molar-refractivity contribution in [3.8, 4) is 5.88 Å². The van der Waals surface area contributed by atoms with E-state index in [-0.39, 0.29) is 10.9 Å². The molecule has 2 nitrogen and oxygen atoms in total. The molecule has 0 atom stereocenters. The number of halogens is 2. The fourth-order valence-corrected chi connectivity index (χ4v) is 0.912. The first-order valence-corrected chi connectivity index (χ1v) is 4.26. The molecule has 0 aliphatic heterocycles. The van der Waals surface area contributed by atoms with Crippen LogP contribution in [0.15, 0.2) is 12.3 Å². The van der Waals surface area contributed by atoms with Crippen LogP contribution in [0.3, 0.4) is 0 Å². The maximum absolute atomic E-state index is 13.1. The minimum atomic E-state index is -0.539. The van der Waals surface area contributed by atoms with E-state index in [1.54, 1.807) is 0 Å². The average molecular weight is 204 g/mol. The third kappa shape index (κ3) is 3.19. The monoisotopic (exact) mass is 203 g/mol. The minimum Gasteiger partial charge on any atom is -0.470 e. The van der Waals surface area contributed by atoms with E-state index in [0.29, 0.717) is 0 Å². The molecule has 1 rings (SSSR count). The van der Waals surface area contributed by atoms with Crippen molar-refractivity contribution in [2.45, 2.75) is 26.4 Å². The summed E-state index contributed by atoms with van der Waals surface area (Å²) in [7, 11) is 0. The largest absolute Gasteiger partial charge is 0.470 e. The second-order valence-electron chi connectivity index (χ2n) is 3.65. The zero-order valence-electron chi connectivity index (χ0n) is 7.77. The molecule has 4 heteroatoms. The predicted molar refractivity (Wildman–Crippen MR) is 49.6 cm³/mol. The third-order valence-electron chi connectivity index (χ3n) is 1.18. The van der Waals surface area contributed by atoms with Crippen LogP contribution < -0.4 is 4.74 Å². The lowest BCUT2D eigenvalue weighted by atomic mass is 10.2. The average Bonchev–Trinajstić information content (AvgIpc) is 1.93. The van der Waals surface area contributed by atoms with Crippen LogP contribution in [0.1, 0.15) is 20.8 Å². The van der Waals surface area contributed by atoms with Crippen LogP contribution >= 0.6 is 11.6 Å². The number of aromatic nitrogens is 1. The number of nitrogens with zero attached hydrogens (tertiary/aromatic N) is 1. The Hall–Kier alpha value is -0.830. The standard InChI is InChI=1S/C9H11ClFNO/c1-9(2,3)13-8-7(11)4-6(10)5-12-8/h4-5H,1-3H3. The van der Waals surface area contributed by atoms with Gasteiger partial charge in [0.15, 0.2) is 5.82 Å². The van der Waals surface area contributed by atoms with Gasteiger partial charge in [0.2, 0.25) is 0 Å². The van der Waals surface area contributed by atoms with E-state index in [9.17, 15) is 4.39 Å². The van der Waals surface area contributed by atoms with Gasteiger partial charge in [0.1, 0.15) is 5.60 Å². The van der Waals surface area contributed by atoms with Crippen molar-refractivity contribution in [1.29, 1.82) is 0 Å². The van der Waals surface area contributed by atoms with Gasteiger partial charge < -0.3 is 4.74 Å². The maximum atomic E-state index is 13.1. The Labute approximate surface area is 81.7 Å². The highest BCUT2D eigenvalue weighted by molar-refractivity contribution is 6.30. The van der Waals surface area contributed by atoms with Crippen molar-refractivity contribution in [3.63, 3.8) is 0 Å². The smallest absolute Gasteiger partial charge is 0.250 e. The second-order valence-corrected chi connectivity index (χ2v) is 4.09. The van der Waals surface area contributed by atoms with Gasteiger partial charge in [-0.25, -0.2) is 9.37 Å². The lowest BCUT2D eigenvalue weighted by molar-refractivity contribution is 0.117. The molecule has 0 amide bonds. The first-order chi connectivity index (χ1) is 5.88. The Morgan fingerprint density at radius 2 is 2.08 bits per heavy atom. The van der Waals surface area contributed by atoms with Gasteiger partial charge in [-0.15, -0.1) is 0 Å². The lowest BCUT2D eigenvalue weighted by Gasteiger charge is -2.20. The molecular formula is C9H11ClFNO. The molecule has 1 aromatic heterocycles. The highest BCUT2D eigenvalue weighted by Gasteiger charge is 2.15. The van der Waals surface area contributed by atoms with Gasteiger partial charge in [0.25, 0.3) is 5.88 Å². The van der Waals surface area contributed by atoms with Gasteiger partial charge in [-0.3, -0.25) is 0 Å². The van der Waals surface area contributed by atoms with Gasteiger partial charge in [-0.05, 0) is 26.8 Å². The van der Waals surface area contributed by atoms with Crippen LogP contribution in [-0.2, 0) is 0 Å². The molecule has 0 N–H and O–H groups in total. The molecule has 72 valence electrons. The lowest BCUT2D eigenvalue weighted by Crippen LogP contribution is -2.24. The molecule has 0 unspecified atom stereocenters. The highest BCUT2D eigenvalue weighted by atomic mass is 35.5. The van der Waals surface area contributed by atoms with Crippen molar-refractivity contribution >= 4 is 11.6 Å². The van der Waals surface area contributed by atoms with Crippen molar-refractivity contribution < 1.29 is 9.13 Å². The summed E-state index contributed by atoms with van der Waals surface area (Å²) in [6, 6.07) is 1.18. The summed E-state index contributed by atoms with van der Waals surface area (Å²) in [6.07, 6.45) is 1.35. The molecule has 0 saturated carbocycles. The zero-order valence-corrected chi connectivity index (χ0v) is 8.52. The molecule has 0 radical (unpaired) electrons. The Morgan fingerprint density at radius 3 is 2.54 bits per heavy atom. The van der Waals surface area contributed by atoms with Gasteiger partial charge >= 0.3 is 0 Å². The molecule has 0 aliphatic rings. The third-order valence-corrected chi connectivity index (χ3v) is 1.38. The summed E-state index contributed by atoms with van der Waals surface area (Å²) in [5.74, 6) is -0.556. The topological polar surface area (TPSA) is 22.1 Å². The van der Waals surface area contributed by atoms with Crippen LogP contribution in [0.2, 0.25) is 5.02 Å². The van der Waals surface area contributed by atoms with Crippen LogP contribution in [0.25, 0.3) is 0 Å². The van der Waals surface area contributed by atoms with E-state index in [0.717, 1.165) is 0 Å². The highest BCUT2D eigenvalue weighted by Crippen LogP contribution is 2.21. The number of pyridine rings is 1. The second kappa shape index (κ2) is 3.50. The van der Waals surface area contributed by atoms with E-state index in [1.165, 1.54) is 12.3 Å². The van der Waals surface area contributed by atoms with Crippen molar-refractivity contribution in [2.24, 2.45) is 0 Å². The zero-order chi connectivity index (χ0) is 10.1. The summed E-state index contributed by atoms with van der Waals surface area (Å²) in [4.78, 5) is 3.73. The van der Waals surface area contributed by atoms with Gasteiger partial charge in [-0.1, -0.05) is 11.6 Å².